The topological polar surface area (TPSA) is 106 Å². The number of amidine groups is 1. The highest BCUT2D eigenvalue weighted by Crippen LogP contribution is 2.18. The second kappa shape index (κ2) is 8.63. The quantitative estimate of drug-likeness (QED) is 0.318. The van der Waals surface area contributed by atoms with E-state index in [-0.39, 0.29) is 10.8 Å². The second-order valence-corrected chi connectivity index (χ2v) is 6.36. The number of unbranched alkanes of at least 4 members (excludes halogenated alkanes) is 1. The molecule has 0 aliphatic rings. The van der Waals surface area contributed by atoms with Crippen LogP contribution in [0.4, 0.5) is 9.59 Å². The molecule has 0 bridgehead atoms. The summed E-state index contributed by atoms with van der Waals surface area (Å²) in [6, 6.07) is -1.63. The van der Waals surface area contributed by atoms with Gasteiger partial charge in [0.25, 0.3) is 0 Å². The molecule has 0 spiro atoms. The van der Waals surface area contributed by atoms with E-state index in [0.29, 0.717) is 6.61 Å². The Morgan fingerprint density at radius 1 is 1.37 bits per heavy atom. The van der Waals surface area contributed by atoms with E-state index in [0.717, 1.165) is 12.8 Å². The number of urea groups is 2. The normalized spacial score (nSPS) is 11.9. The summed E-state index contributed by atoms with van der Waals surface area (Å²) < 4.78 is 7.61. The number of ether oxygens (including phenoxy) is 1. The summed E-state index contributed by atoms with van der Waals surface area (Å²) in [4.78, 5) is 25.7. The number of carbonyl (C=O) groups is 2. The van der Waals surface area contributed by atoms with Gasteiger partial charge in [-0.25, -0.2) is 9.59 Å². The van der Waals surface area contributed by atoms with Gasteiger partial charge in [0.05, 0.1) is 6.61 Å². The number of hydrogen-bond acceptors (Lipinski definition) is 4. The Morgan fingerprint density at radius 2 is 2.00 bits per heavy atom. The summed E-state index contributed by atoms with van der Waals surface area (Å²) in [7, 11) is 0. The molecule has 0 atom stereocenters. The Kier molecular flexibility index (Phi) is 7.97. The number of nitrogens with one attached hydrogen (secondary N) is 2. The first-order valence-electron chi connectivity index (χ1n) is 6.00. The molecule has 0 rings (SSSR count). The van der Waals surface area contributed by atoms with Crippen LogP contribution < -0.4 is 15.8 Å². The molecule has 0 aliphatic carbocycles. The van der Waals surface area contributed by atoms with Crippen molar-refractivity contribution in [3.63, 3.8) is 0 Å². The zero-order valence-electron chi connectivity index (χ0n) is 11.8. The number of amides is 4. The van der Waals surface area contributed by atoms with Crippen molar-refractivity contribution >= 4 is 30.0 Å². The van der Waals surface area contributed by atoms with E-state index in [4.69, 9.17) is 10.5 Å². The predicted octanol–water partition coefficient (Wildman–Crippen LogP) is 1.98. The number of nitrogens with two attached hydrogens (primary N) is 1. The Hall–Kier alpha value is -1.44. The van der Waals surface area contributed by atoms with Crippen molar-refractivity contribution in [2.24, 2.45) is 10.7 Å². The van der Waals surface area contributed by atoms with E-state index in [9.17, 15) is 9.59 Å². The van der Waals surface area contributed by atoms with Crippen LogP contribution in [0.2, 0.25) is 0 Å². The van der Waals surface area contributed by atoms with E-state index >= 15 is 0 Å². The third kappa shape index (κ3) is 11.4. The predicted molar refractivity (Wildman–Crippen MR) is 76.9 cm³/mol. The summed E-state index contributed by atoms with van der Waals surface area (Å²) in [6.45, 7) is 8.21. The summed E-state index contributed by atoms with van der Waals surface area (Å²) in [6.07, 6.45) is 1.72. The van der Waals surface area contributed by atoms with Gasteiger partial charge in [0.1, 0.15) is 0 Å². The Balaban J connectivity index is 4.31. The van der Waals surface area contributed by atoms with Crippen LogP contribution in [0.5, 0.6) is 0 Å². The average Bonchev–Trinajstić information content (AvgIpc) is 2.25. The fourth-order valence-corrected chi connectivity index (χ4v) is 1.28. The lowest BCUT2D eigenvalue weighted by Crippen LogP contribution is -2.40. The number of rotatable bonds is 4. The number of primary amides is 1. The molecule has 0 radical (unpaired) electrons. The van der Waals surface area contributed by atoms with Gasteiger partial charge in [-0.2, -0.15) is 0 Å². The zero-order chi connectivity index (χ0) is 14.9. The van der Waals surface area contributed by atoms with Crippen molar-refractivity contribution in [1.29, 1.82) is 0 Å². The highest BCUT2D eigenvalue weighted by molar-refractivity contribution is 7.99. The second-order valence-electron chi connectivity index (χ2n) is 4.73. The molecule has 0 aromatic rings. The Morgan fingerprint density at radius 3 is 2.47 bits per heavy atom. The number of aliphatic imine (C=N–C) groups is 1. The van der Waals surface area contributed by atoms with Crippen LogP contribution in [0.25, 0.3) is 0 Å². The van der Waals surface area contributed by atoms with Crippen molar-refractivity contribution in [3.05, 3.63) is 0 Å². The van der Waals surface area contributed by atoms with Crippen LogP contribution in [0.1, 0.15) is 40.5 Å². The lowest BCUT2D eigenvalue weighted by Gasteiger charge is -2.17. The van der Waals surface area contributed by atoms with Gasteiger partial charge in [-0.15, -0.1) is 4.99 Å². The molecule has 0 aromatic heterocycles. The van der Waals surface area contributed by atoms with Gasteiger partial charge in [0.2, 0.25) is 0 Å². The summed E-state index contributed by atoms with van der Waals surface area (Å²) in [5.74, 6) is 0. The molecule has 110 valence electrons. The van der Waals surface area contributed by atoms with E-state index in [1.165, 1.54) is 11.9 Å². The molecule has 0 heterocycles. The largest absolute Gasteiger partial charge is 0.465 e. The number of nitrogens with zero attached hydrogens (tertiary/aromatic N) is 1. The maximum atomic E-state index is 11.6. The Labute approximate surface area is 117 Å². The molecule has 0 aliphatic heterocycles. The maximum Gasteiger partial charge on any atom is 0.342 e. The lowest BCUT2D eigenvalue weighted by molar-refractivity contribution is 0.241. The fourth-order valence-electron chi connectivity index (χ4n) is 0.832. The smallest absolute Gasteiger partial charge is 0.342 e. The van der Waals surface area contributed by atoms with E-state index in [1.54, 1.807) is 0 Å². The number of carbonyl (C=O) groups excluding carboxylic acids is 2. The van der Waals surface area contributed by atoms with Gasteiger partial charge in [-0.3, -0.25) is 10.0 Å². The lowest BCUT2D eigenvalue weighted by atomic mass is 10.3. The SMILES string of the molecule is CCCCOC(=NC(N)=O)NC(=O)NSC(C)(C)C. The van der Waals surface area contributed by atoms with Crippen LogP contribution in [0, 0.1) is 0 Å². The maximum absolute atomic E-state index is 11.6. The highest BCUT2D eigenvalue weighted by atomic mass is 32.2. The van der Waals surface area contributed by atoms with Gasteiger partial charge in [0.15, 0.2) is 0 Å². The van der Waals surface area contributed by atoms with E-state index in [2.05, 4.69) is 15.0 Å². The molecule has 0 fully saturated rings. The molecule has 8 heteroatoms. The Bertz CT molecular complexity index is 339. The van der Waals surface area contributed by atoms with E-state index in [1.807, 2.05) is 27.7 Å². The molecule has 0 saturated heterocycles. The first-order chi connectivity index (χ1) is 8.74. The van der Waals surface area contributed by atoms with Gasteiger partial charge >= 0.3 is 18.1 Å². The molecule has 0 aromatic carbocycles. The van der Waals surface area contributed by atoms with Gasteiger partial charge in [-0.1, -0.05) is 13.3 Å². The molecule has 0 unspecified atom stereocenters. The molecular formula is C11H22N4O3S. The highest BCUT2D eigenvalue weighted by Gasteiger charge is 2.14. The molecule has 4 amide bonds. The van der Waals surface area contributed by atoms with Crippen LogP contribution in [-0.2, 0) is 4.74 Å². The molecule has 7 nitrogen and oxygen atoms in total. The standard InChI is InChI=1S/C11H22N4O3S/c1-5-6-7-18-10(13-8(12)16)14-9(17)15-19-11(2,3)4/h5-7H2,1-4H3,(H4,12,13,14,15,16,17). The number of hydrogen-bond donors (Lipinski definition) is 3. The van der Waals surface area contributed by atoms with Crippen molar-refractivity contribution in [2.45, 2.75) is 45.3 Å². The monoisotopic (exact) mass is 290 g/mol. The van der Waals surface area contributed by atoms with Crippen LogP contribution in [0.3, 0.4) is 0 Å². The third-order valence-electron chi connectivity index (χ3n) is 1.62. The molecule has 0 saturated carbocycles. The van der Waals surface area contributed by atoms with Crippen LogP contribution in [-0.4, -0.2) is 29.4 Å². The van der Waals surface area contributed by atoms with Crippen molar-refractivity contribution in [1.82, 2.24) is 10.0 Å². The van der Waals surface area contributed by atoms with Gasteiger partial charge < -0.3 is 10.5 Å². The fraction of sp³-hybridized carbons (Fsp3) is 0.727. The zero-order valence-corrected chi connectivity index (χ0v) is 12.6. The molecular weight excluding hydrogens is 268 g/mol. The van der Waals surface area contributed by atoms with Gasteiger partial charge in [-0.05, 0) is 39.1 Å². The summed E-state index contributed by atoms with van der Waals surface area (Å²) in [5, 5.41) is 2.34. The van der Waals surface area contributed by atoms with Crippen LogP contribution in [0.15, 0.2) is 4.99 Å². The van der Waals surface area contributed by atoms with Crippen LogP contribution >= 0.6 is 11.9 Å². The molecule has 4 N–H and O–H groups in total. The summed E-state index contributed by atoms with van der Waals surface area (Å²) in [5.41, 5.74) is 4.93. The summed E-state index contributed by atoms with van der Waals surface area (Å²) >= 11 is 1.24. The first-order valence-corrected chi connectivity index (χ1v) is 6.82. The minimum Gasteiger partial charge on any atom is -0.465 e. The van der Waals surface area contributed by atoms with Crippen molar-refractivity contribution < 1.29 is 14.3 Å². The molecule has 19 heavy (non-hydrogen) atoms. The minimum atomic E-state index is -0.921. The van der Waals surface area contributed by atoms with Crippen molar-refractivity contribution in [2.75, 3.05) is 6.61 Å². The van der Waals surface area contributed by atoms with Gasteiger partial charge in [0, 0.05) is 4.75 Å². The van der Waals surface area contributed by atoms with Crippen molar-refractivity contribution in [3.8, 4) is 0 Å². The average molecular weight is 290 g/mol. The first kappa shape index (κ1) is 17.6. The minimum absolute atomic E-state index is 0.124. The van der Waals surface area contributed by atoms with E-state index < -0.39 is 12.1 Å². The third-order valence-corrected chi connectivity index (χ3v) is 2.52.